The quantitative estimate of drug-likeness (QED) is 0.883. The predicted octanol–water partition coefficient (Wildman–Crippen LogP) is 3.43. The number of nitrogens with zero attached hydrogens (tertiary/aromatic N) is 1. The molecule has 1 unspecified atom stereocenters. The van der Waals surface area contributed by atoms with E-state index in [1.54, 1.807) is 0 Å². The van der Waals surface area contributed by atoms with Gasteiger partial charge in [-0.3, -0.25) is 0 Å². The Bertz CT molecular complexity index is 496. The topological polar surface area (TPSA) is 28.4 Å². The highest BCUT2D eigenvalue weighted by Gasteiger charge is 2.13. The van der Waals surface area contributed by atoms with Gasteiger partial charge in [0.1, 0.15) is 5.76 Å². The number of benzene rings is 1. The summed E-state index contributed by atoms with van der Waals surface area (Å²) < 4.78 is 6.25. The van der Waals surface area contributed by atoms with Crippen molar-refractivity contribution in [3.8, 4) is 0 Å². The molecule has 1 aromatic heterocycles. The van der Waals surface area contributed by atoms with Crippen molar-refractivity contribution in [3.05, 3.63) is 58.5 Å². The van der Waals surface area contributed by atoms with Crippen LogP contribution in [0.3, 0.4) is 0 Å². The van der Waals surface area contributed by atoms with Crippen molar-refractivity contribution in [1.82, 2.24) is 10.2 Å². The van der Waals surface area contributed by atoms with E-state index in [9.17, 15) is 0 Å². The van der Waals surface area contributed by atoms with Crippen molar-refractivity contribution in [1.29, 1.82) is 0 Å². The third kappa shape index (κ3) is 4.20. The van der Waals surface area contributed by atoms with Crippen LogP contribution in [0.15, 0.2) is 51.6 Å². The third-order valence-electron chi connectivity index (χ3n) is 3.07. The molecule has 0 spiro atoms. The van der Waals surface area contributed by atoms with Gasteiger partial charge >= 0.3 is 0 Å². The maximum atomic E-state index is 5.47. The monoisotopic (exact) mass is 322 g/mol. The standard InChI is InChI=1S/C15H19BrN2O/c1-18(2)14(12-6-4-3-5-7-12)11-17-10-13-8-9-15(16)19-13/h3-9,14,17H,10-11H2,1-2H3. The maximum Gasteiger partial charge on any atom is 0.169 e. The first-order valence-electron chi connectivity index (χ1n) is 6.33. The second-order valence-corrected chi connectivity index (χ2v) is 5.51. The largest absolute Gasteiger partial charge is 0.453 e. The van der Waals surface area contributed by atoms with Gasteiger partial charge in [0, 0.05) is 12.6 Å². The normalized spacial score (nSPS) is 12.8. The zero-order valence-electron chi connectivity index (χ0n) is 11.3. The Hall–Kier alpha value is -1.10. The number of hydrogen-bond acceptors (Lipinski definition) is 3. The van der Waals surface area contributed by atoms with Gasteiger partial charge in [-0.25, -0.2) is 0 Å². The van der Waals surface area contributed by atoms with Gasteiger partial charge in [-0.1, -0.05) is 30.3 Å². The zero-order valence-corrected chi connectivity index (χ0v) is 12.9. The average Bonchev–Trinajstić information content (AvgIpc) is 2.81. The van der Waals surface area contributed by atoms with E-state index < -0.39 is 0 Å². The van der Waals surface area contributed by atoms with Crippen LogP contribution in [0.5, 0.6) is 0 Å². The Morgan fingerprint density at radius 3 is 2.47 bits per heavy atom. The van der Waals surface area contributed by atoms with Crippen LogP contribution in [-0.2, 0) is 6.54 Å². The molecule has 1 N–H and O–H groups in total. The molecule has 0 bridgehead atoms. The summed E-state index contributed by atoms with van der Waals surface area (Å²) in [5.41, 5.74) is 1.32. The molecular formula is C15H19BrN2O. The predicted molar refractivity (Wildman–Crippen MR) is 81.0 cm³/mol. The Labute approximate surface area is 122 Å². The van der Waals surface area contributed by atoms with Crippen LogP contribution in [0.1, 0.15) is 17.4 Å². The van der Waals surface area contributed by atoms with Crippen LogP contribution in [-0.4, -0.2) is 25.5 Å². The van der Waals surface area contributed by atoms with E-state index >= 15 is 0 Å². The van der Waals surface area contributed by atoms with Gasteiger partial charge in [-0.2, -0.15) is 0 Å². The summed E-state index contributed by atoms with van der Waals surface area (Å²) in [6.07, 6.45) is 0. The molecule has 1 atom stereocenters. The molecule has 2 aromatic rings. The highest BCUT2D eigenvalue weighted by atomic mass is 79.9. The Morgan fingerprint density at radius 1 is 1.16 bits per heavy atom. The molecule has 0 saturated carbocycles. The summed E-state index contributed by atoms with van der Waals surface area (Å²) in [6.45, 7) is 1.62. The molecule has 0 aliphatic rings. The van der Waals surface area contributed by atoms with Crippen LogP contribution in [0.25, 0.3) is 0 Å². The molecule has 4 heteroatoms. The van der Waals surface area contributed by atoms with Crippen molar-refractivity contribution < 1.29 is 4.42 Å². The number of hydrogen-bond donors (Lipinski definition) is 1. The van der Waals surface area contributed by atoms with Gasteiger partial charge < -0.3 is 14.6 Å². The van der Waals surface area contributed by atoms with Crippen molar-refractivity contribution in [2.75, 3.05) is 20.6 Å². The zero-order chi connectivity index (χ0) is 13.7. The van der Waals surface area contributed by atoms with E-state index in [-0.39, 0.29) is 0 Å². The molecule has 1 heterocycles. The van der Waals surface area contributed by atoms with Crippen molar-refractivity contribution in [3.63, 3.8) is 0 Å². The Morgan fingerprint density at radius 2 is 1.89 bits per heavy atom. The average molecular weight is 323 g/mol. The molecule has 0 amide bonds. The van der Waals surface area contributed by atoms with Gasteiger partial charge in [-0.05, 0) is 47.7 Å². The van der Waals surface area contributed by atoms with Gasteiger partial charge in [0.2, 0.25) is 0 Å². The van der Waals surface area contributed by atoms with E-state index in [0.717, 1.165) is 23.5 Å². The van der Waals surface area contributed by atoms with Gasteiger partial charge in [0.05, 0.1) is 6.54 Å². The van der Waals surface area contributed by atoms with Gasteiger partial charge in [-0.15, -0.1) is 0 Å². The summed E-state index contributed by atoms with van der Waals surface area (Å²) in [4.78, 5) is 2.22. The summed E-state index contributed by atoms with van der Waals surface area (Å²) in [7, 11) is 4.20. The Balaban J connectivity index is 1.91. The highest BCUT2D eigenvalue weighted by molar-refractivity contribution is 9.10. The fourth-order valence-electron chi connectivity index (χ4n) is 2.05. The molecule has 0 radical (unpaired) electrons. The Kier molecular flexibility index (Phi) is 5.19. The van der Waals surface area contributed by atoms with Crippen LogP contribution >= 0.6 is 15.9 Å². The molecule has 0 fully saturated rings. The first-order valence-corrected chi connectivity index (χ1v) is 7.12. The van der Waals surface area contributed by atoms with E-state index in [4.69, 9.17) is 4.42 Å². The van der Waals surface area contributed by atoms with Gasteiger partial charge in [0.25, 0.3) is 0 Å². The molecule has 0 aliphatic carbocycles. The summed E-state index contributed by atoms with van der Waals surface area (Å²) >= 11 is 3.31. The molecule has 3 nitrogen and oxygen atoms in total. The fourth-order valence-corrected chi connectivity index (χ4v) is 2.39. The highest BCUT2D eigenvalue weighted by Crippen LogP contribution is 2.17. The summed E-state index contributed by atoms with van der Waals surface area (Å²) in [5, 5.41) is 3.44. The SMILES string of the molecule is CN(C)C(CNCc1ccc(Br)o1)c1ccccc1. The van der Waals surface area contributed by atoms with E-state index in [2.05, 4.69) is 64.5 Å². The second kappa shape index (κ2) is 6.89. The lowest BCUT2D eigenvalue weighted by atomic mass is 10.1. The number of halogens is 1. The van der Waals surface area contributed by atoms with Crippen molar-refractivity contribution in [2.45, 2.75) is 12.6 Å². The minimum atomic E-state index is 0.361. The third-order valence-corrected chi connectivity index (χ3v) is 3.50. The molecule has 0 saturated heterocycles. The number of furan rings is 1. The fraction of sp³-hybridized carbons (Fsp3) is 0.333. The van der Waals surface area contributed by atoms with Crippen molar-refractivity contribution in [2.24, 2.45) is 0 Å². The van der Waals surface area contributed by atoms with Crippen LogP contribution in [0.4, 0.5) is 0 Å². The van der Waals surface area contributed by atoms with Gasteiger partial charge in [0.15, 0.2) is 4.67 Å². The van der Waals surface area contributed by atoms with Crippen LogP contribution < -0.4 is 5.32 Å². The lowest BCUT2D eigenvalue weighted by Gasteiger charge is -2.25. The van der Waals surface area contributed by atoms with Crippen LogP contribution in [0.2, 0.25) is 0 Å². The summed E-state index contributed by atoms with van der Waals surface area (Å²) in [5.74, 6) is 0.942. The number of likely N-dealkylation sites (N-methyl/N-ethyl adjacent to an activating group) is 1. The molecule has 19 heavy (non-hydrogen) atoms. The van der Waals surface area contributed by atoms with E-state index in [1.807, 2.05) is 18.2 Å². The molecule has 0 aliphatic heterocycles. The molecule has 102 valence electrons. The first-order chi connectivity index (χ1) is 9.16. The molecular weight excluding hydrogens is 304 g/mol. The van der Waals surface area contributed by atoms with Crippen molar-refractivity contribution >= 4 is 15.9 Å². The van der Waals surface area contributed by atoms with Crippen LogP contribution in [0, 0.1) is 0 Å². The maximum absolute atomic E-state index is 5.47. The minimum absolute atomic E-state index is 0.361. The lowest BCUT2D eigenvalue weighted by Crippen LogP contribution is -2.30. The molecule has 1 aromatic carbocycles. The number of rotatable bonds is 6. The lowest BCUT2D eigenvalue weighted by molar-refractivity contribution is 0.285. The smallest absolute Gasteiger partial charge is 0.169 e. The van der Waals surface area contributed by atoms with E-state index in [1.165, 1.54) is 5.56 Å². The molecule has 2 rings (SSSR count). The first kappa shape index (κ1) is 14.3. The van der Waals surface area contributed by atoms with E-state index in [0.29, 0.717) is 6.04 Å². The minimum Gasteiger partial charge on any atom is -0.453 e. The summed E-state index contributed by atoms with van der Waals surface area (Å²) in [6, 6.07) is 14.8. The number of nitrogens with one attached hydrogen (secondary N) is 1. The second-order valence-electron chi connectivity index (χ2n) is 4.73.